The lowest BCUT2D eigenvalue weighted by atomic mass is 10.1. The summed E-state index contributed by atoms with van der Waals surface area (Å²) in [6, 6.07) is 5.40. The van der Waals surface area contributed by atoms with Crippen molar-refractivity contribution in [2.24, 2.45) is 0 Å². The molecule has 1 heterocycles. The molecule has 21 heavy (non-hydrogen) atoms. The Labute approximate surface area is 126 Å². The lowest BCUT2D eigenvalue weighted by Gasteiger charge is -2.30. The van der Waals surface area contributed by atoms with Crippen LogP contribution in [0.3, 0.4) is 0 Å². The second-order valence-electron chi connectivity index (χ2n) is 5.25. The smallest absolute Gasteiger partial charge is 0.146 e. The van der Waals surface area contributed by atoms with Gasteiger partial charge in [0.2, 0.25) is 0 Å². The number of nitrogens with one attached hydrogen (secondary N) is 2. The van der Waals surface area contributed by atoms with Crippen LogP contribution in [0.15, 0.2) is 18.2 Å². The number of hydrogen-bond donors (Lipinski definition) is 2. The fourth-order valence-electron chi connectivity index (χ4n) is 2.49. The second kappa shape index (κ2) is 8.97. The van der Waals surface area contributed by atoms with Gasteiger partial charge in [-0.25, -0.2) is 4.39 Å². The summed E-state index contributed by atoms with van der Waals surface area (Å²) in [4.78, 5) is 2.12. The van der Waals surface area contributed by atoms with Crippen LogP contribution in [-0.4, -0.2) is 45.9 Å². The van der Waals surface area contributed by atoms with Crippen LogP contribution in [0.1, 0.15) is 18.9 Å². The van der Waals surface area contributed by atoms with Crippen LogP contribution >= 0.6 is 0 Å². The molecule has 4 nitrogen and oxygen atoms in total. The number of benzene rings is 1. The van der Waals surface area contributed by atoms with E-state index in [0.717, 1.165) is 70.2 Å². The Bertz CT molecular complexity index is 422. The molecule has 1 aromatic carbocycles. The van der Waals surface area contributed by atoms with Gasteiger partial charge in [-0.1, -0.05) is 6.07 Å². The van der Waals surface area contributed by atoms with E-state index in [1.165, 1.54) is 0 Å². The zero-order chi connectivity index (χ0) is 14.9. The summed E-state index contributed by atoms with van der Waals surface area (Å²) in [6.07, 6.45) is 1.000. The van der Waals surface area contributed by atoms with E-state index in [2.05, 4.69) is 15.5 Å². The first kappa shape index (κ1) is 16.2. The van der Waals surface area contributed by atoms with Crippen LogP contribution < -0.4 is 15.5 Å². The Kier molecular flexibility index (Phi) is 6.92. The average Bonchev–Trinajstić information content (AvgIpc) is 2.53. The summed E-state index contributed by atoms with van der Waals surface area (Å²) >= 11 is 0. The zero-order valence-electron chi connectivity index (χ0n) is 12.8. The highest BCUT2D eigenvalue weighted by Gasteiger charge is 2.14. The molecule has 1 aliphatic rings. The SMILES string of the molecule is CCOCCCNCc1ccc(F)c(N2CCNCC2)c1. The molecule has 0 aliphatic carbocycles. The van der Waals surface area contributed by atoms with Crippen LogP contribution in [0, 0.1) is 5.82 Å². The number of piperazine rings is 1. The van der Waals surface area contributed by atoms with Gasteiger partial charge in [0.15, 0.2) is 0 Å². The average molecular weight is 295 g/mol. The van der Waals surface area contributed by atoms with Gasteiger partial charge in [0.05, 0.1) is 5.69 Å². The number of rotatable bonds is 8. The zero-order valence-corrected chi connectivity index (χ0v) is 12.8. The molecule has 1 fully saturated rings. The van der Waals surface area contributed by atoms with Crippen LogP contribution in [0.4, 0.5) is 10.1 Å². The number of ether oxygens (including phenoxy) is 1. The quantitative estimate of drug-likeness (QED) is 0.717. The van der Waals surface area contributed by atoms with Gasteiger partial charge in [-0.2, -0.15) is 0 Å². The Morgan fingerprint density at radius 3 is 2.90 bits per heavy atom. The molecule has 1 aliphatic heterocycles. The van der Waals surface area contributed by atoms with Crippen molar-refractivity contribution in [2.45, 2.75) is 19.9 Å². The molecule has 1 saturated heterocycles. The second-order valence-corrected chi connectivity index (χ2v) is 5.25. The Hall–Kier alpha value is -1.17. The van der Waals surface area contributed by atoms with Crippen molar-refractivity contribution >= 4 is 5.69 Å². The van der Waals surface area contributed by atoms with Gasteiger partial charge in [0, 0.05) is 45.9 Å². The minimum Gasteiger partial charge on any atom is -0.382 e. The molecular formula is C16H26FN3O. The Morgan fingerprint density at radius 2 is 2.14 bits per heavy atom. The number of hydrogen-bond acceptors (Lipinski definition) is 4. The third kappa shape index (κ3) is 5.26. The van der Waals surface area contributed by atoms with Gasteiger partial charge >= 0.3 is 0 Å². The first-order valence-electron chi connectivity index (χ1n) is 7.84. The van der Waals surface area contributed by atoms with Crippen molar-refractivity contribution in [3.63, 3.8) is 0 Å². The van der Waals surface area contributed by atoms with E-state index in [1.807, 2.05) is 19.1 Å². The normalized spacial score (nSPS) is 15.4. The van der Waals surface area contributed by atoms with Crippen molar-refractivity contribution in [1.29, 1.82) is 0 Å². The van der Waals surface area contributed by atoms with Crippen LogP contribution in [0.5, 0.6) is 0 Å². The Balaban J connectivity index is 1.83. The minimum atomic E-state index is -0.128. The van der Waals surface area contributed by atoms with E-state index in [9.17, 15) is 4.39 Å². The van der Waals surface area contributed by atoms with Crippen LogP contribution in [-0.2, 0) is 11.3 Å². The largest absolute Gasteiger partial charge is 0.382 e. The predicted molar refractivity (Wildman–Crippen MR) is 84.3 cm³/mol. The maximum absolute atomic E-state index is 14.0. The van der Waals surface area contributed by atoms with E-state index in [1.54, 1.807) is 6.07 Å². The summed E-state index contributed by atoms with van der Waals surface area (Å²) in [5.41, 5.74) is 1.85. The van der Waals surface area contributed by atoms with Gasteiger partial charge in [0.1, 0.15) is 5.82 Å². The van der Waals surface area contributed by atoms with E-state index >= 15 is 0 Å². The molecular weight excluding hydrogens is 269 g/mol. The monoisotopic (exact) mass is 295 g/mol. The highest BCUT2D eigenvalue weighted by atomic mass is 19.1. The van der Waals surface area contributed by atoms with Crippen molar-refractivity contribution < 1.29 is 9.13 Å². The molecule has 2 rings (SSSR count). The number of anilines is 1. The molecule has 0 radical (unpaired) electrons. The van der Waals surface area contributed by atoms with Gasteiger partial charge in [0.25, 0.3) is 0 Å². The topological polar surface area (TPSA) is 36.5 Å². The highest BCUT2D eigenvalue weighted by Crippen LogP contribution is 2.21. The van der Waals surface area contributed by atoms with Gasteiger partial charge in [-0.05, 0) is 37.6 Å². The predicted octanol–water partition coefficient (Wildman–Crippen LogP) is 1.75. The molecule has 0 amide bonds. The van der Waals surface area contributed by atoms with Crippen molar-refractivity contribution in [1.82, 2.24) is 10.6 Å². The van der Waals surface area contributed by atoms with Gasteiger partial charge in [-0.3, -0.25) is 0 Å². The summed E-state index contributed by atoms with van der Waals surface area (Å²) in [6.45, 7) is 8.81. The van der Waals surface area contributed by atoms with Crippen LogP contribution in [0.2, 0.25) is 0 Å². The van der Waals surface area contributed by atoms with E-state index < -0.39 is 0 Å². The van der Waals surface area contributed by atoms with Gasteiger partial charge in [-0.15, -0.1) is 0 Å². The number of halogens is 1. The van der Waals surface area contributed by atoms with Gasteiger partial charge < -0.3 is 20.3 Å². The lowest BCUT2D eigenvalue weighted by molar-refractivity contribution is 0.144. The third-order valence-electron chi connectivity index (χ3n) is 3.64. The molecule has 0 unspecified atom stereocenters. The standard InChI is InChI=1S/C16H26FN3O/c1-2-21-11-3-6-19-13-14-4-5-15(17)16(12-14)20-9-7-18-8-10-20/h4-5,12,18-19H,2-3,6-11,13H2,1H3. The lowest BCUT2D eigenvalue weighted by Crippen LogP contribution is -2.43. The molecule has 118 valence electrons. The third-order valence-corrected chi connectivity index (χ3v) is 3.64. The van der Waals surface area contributed by atoms with Crippen molar-refractivity contribution in [3.05, 3.63) is 29.6 Å². The first-order chi connectivity index (χ1) is 10.3. The Morgan fingerprint density at radius 1 is 1.33 bits per heavy atom. The maximum atomic E-state index is 14.0. The molecule has 0 aromatic heterocycles. The highest BCUT2D eigenvalue weighted by molar-refractivity contribution is 5.50. The molecule has 1 aromatic rings. The van der Waals surface area contributed by atoms with E-state index in [-0.39, 0.29) is 5.82 Å². The number of nitrogens with zero attached hydrogens (tertiary/aromatic N) is 1. The fraction of sp³-hybridized carbons (Fsp3) is 0.625. The summed E-state index contributed by atoms with van der Waals surface area (Å²) in [7, 11) is 0. The molecule has 0 atom stereocenters. The van der Waals surface area contributed by atoms with Crippen LogP contribution in [0.25, 0.3) is 0 Å². The first-order valence-corrected chi connectivity index (χ1v) is 7.84. The fourth-order valence-corrected chi connectivity index (χ4v) is 2.49. The molecule has 0 bridgehead atoms. The molecule has 5 heteroatoms. The van der Waals surface area contributed by atoms with E-state index in [0.29, 0.717) is 0 Å². The molecule has 0 spiro atoms. The van der Waals surface area contributed by atoms with Crippen molar-refractivity contribution in [2.75, 3.05) is 50.8 Å². The molecule has 2 N–H and O–H groups in total. The summed E-state index contributed by atoms with van der Waals surface area (Å²) < 4.78 is 19.3. The maximum Gasteiger partial charge on any atom is 0.146 e. The summed E-state index contributed by atoms with van der Waals surface area (Å²) in [5.74, 6) is -0.128. The minimum absolute atomic E-state index is 0.128. The van der Waals surface area contributed by atoms with E-state index in [4.69, 9.17) is 4.74 Å². The summed E-state index contributed by atoms with van der Waals surface area (Å²) in [5, 5.41) is 6.67. The van der Waals surface area contributed by atoms with Crippen molar-refractivity contribution in [3.8, 4) is 0 Å². The molecule has 0 saturated carbocycles.